The molecular formula is C21H33N5O4. The minimum atomic E-state index is -0.250. The van der Waals surface area contributed by atoms with Gasteiger partial charge in [-0.25, -0.2) is 4.79 Å². The molecule has 3 rings (SSSR count). The zero-order valence-electron chi connectivity index (χ0n) is 17.9. The van der Waals surface area contributed by atoms with Crippen LogP contribution in [-0.2, 0) is 9.59 Å². The lowest BCUT2D eigenvalue weighted by atomic mass is 10.0. The lowest BCUT2D eigenvalue weighted by Crippen LogP contribution is -2.55. The molecule has 0 bridgehead atoms. The number of hydrogen-bond acceptors (Lipinski definition) is 5. The molecule has 1 aromatic heterocycles. The van der Waals surface area contributed by atoms with Crippen molar-refractivity contribution >= 4 is 24.1 Å². The van der Waals surface area contributed by atoms with Crippen LogP contribution < -0.4 is 10.2 Å². The van der Waals surface area contributed by atoms with E-state index in [1.807, 2.05) is 22.1 Å². The van der Waals surface area contributed by atoms with Gasteiger partial charge in [0.25, 0.3) is 6.47 Å². The van der Waals surface area contributed by atoms with Gasteiger partial charge in [-0.1, -0.05) is 13.8 Å². The molecule has 166 valence electrons. The number of likely N-dealkylation sites (tertiary alicyclic amines) is 1. The van der Waals surface area contributed by atoms with Crippen molar-refractivity contribution in [3.8, 4) is 0 Å². The van der Waals surface area contributed by atoms with Gasteiger partial charge in [0.1, 0.15) is 0 Å². The predicted octanol–water partition coefficient (Wildman–Crippen LogP) is 1.65. The smallest absolute Gasteiger partial charge is 0.317 e. The number of rotatable bonds is 4. The number of pyridine rings is 1. The SMILES string of the molecule is CC(C)CC(=O)N1CCC(NC(=O)N2CCN(c3cccnc3)CC2)CC1.O=CO. The van der Waals surface area contributed by atoms with Gasteiger partial charge in [0, 0.05) is 57.9 Å². The van der Waals surface area contributed by atoms with E-state index in [0.717, 1.165) is 44.7 Å². The van der Waals surface area contributed by atoms with Crippen molar-refractivity contribution in [1.29, 1.82) is 0 Å². The molecule has 2 aliphatic heterocycles. The Morgan fingerprint density at radius 1 is 1.17 bits per heavy atom. The fraction of sp³-hybridized carbons (Fsp3) is 0.619. The normalized spacial score (nSPS) is 17.2. The van der Waals surface area contributed by atoms with Crippen LogP contribution in [0.15, 0.2) is 24.5 Å². The minimum absolute atomic E-state index is 0.0211. The highest BCUT2D eigenvalue weighted by Gasteiger charge is 2.27. The van der Waals surface area contributed by atoms with Crippen molar-refractivity contribution in [1.82, 2.24) is 20.1 Å². The molecule has 2 fully saturated rings. The Morgan fingerprint density at radius 2 is 1.80 bits per heavy atom. The van der Waals surface area contributed by atoms with E-state index < -0.39 is 0 Å². The van der Waals surface area contributed by atoms with Crippen LogP contribution in [0.1, 0.15) is 33.1 Å². The average Bonchev–Trinajstić information content (AvgIpc) is 2.75. The molecule has 1 aromatic rings. The van der Waals surface area contributed by atoms with E-state index in [1.165, 1.54) is 0 Å². The Labute approximate surface area is 178 Å². The lowest BCUT2D eigenvalue weighted by molar-refractivity contribution is -0.133. The predicted molar refractivity (Wildman–Crippen MR) is 114 cm³/mol. The molecule has 9 nitrogen and oxygen atoms in total. The summed E-state index contributed by atoms with van der Waals surface area (Å²) in [5.41, 5.74) is 1.11. The Balaban J connectivity index is 0.00000101. The summed E-state index contributed by atoms with van der Waals surface area (Å²) in [5, 5.41) is 10.1. The van der Waals surface area contributed by atoms with Crippen molar-refractivity contribution in [2.45, 2.75) is 39.2 Å². The maximum atomic E-state index is 12.6. The van der Waals surface area contributed by atoms with Gasteiger partial charge < -0.3 is 25.1 Å². The van der Waals surface area contributed by atoms with Crippen molar-refractivity contribution in [3.05, 3.63) is 24.5 Å². The van der Waals surface area contributed by atoms with E-state index in [0.29, 0.717) is 25.4 Å². The van der Waals surface area contributed by atoms with Crippen LogP contribution in [0.5, 0.6) is 0 Å². The molecule has 0 unspecified atom stereocenters. The van der Waals surface area contributed by atoms with Crippen molar-refractivity contribution in [2.24, 2.45) is 5.92 Å². The highest BCUT2D eigenvalue weighted by Crippen LogP contribution is 2.16. The van der Waals surface area contributed by atoms with Crippen LogP contribution in [0.2, 0.25) is 0 Å². The second-order valence-electron chi connectivity index (χ2n) is 7.99. The number of carboxylic acid groups (broad SMARTS) is 1. The Bertz CT molecular complexity index is 669. The number of piperidine rings is 1. The van der Waals surface area contributed by atoms with Gasteiger partial charge >= 0.3 is 6.03 Å². The number of carbonyl (C=O) groups is 3. The van der Waals surface area contributed by atoms with Crippen LogP contribution >= 0.6 is 0 Å². The van der Waals surface area contributed by atoms with Gasteiger partial charge in [0.15, 0.2) is 0 Å². The number of nitrogens with zero attached hydrogens (tertiary/aromatic N) is 4. The summed E-state index contributed by atoms with van der Waals surface area (Å²) < 4.78 is 0. The summed E-state index contributed by atoms with van der Waals surface area (Å²) in [5.74, 6) is 0.626. The van der Waals surface area contributed by atoms with Crippen LogP contribution in [0.3, 0.4) is 0 Å². The highest BCUT2D eigenvalue weighted by molar-refractivity contribution is 5.77. The first-order valence-electron chi connectivity index (χ1n) is 10.5. The molecule has 2 aliphatic rings. The van der Waals surface area contributed by atoms with Crippen LogP contribution in [0.25, 0.3) is 0 Å². The number of nitrogens with one attached hydrogen (secondary N) is 1. The first kappa shape index (κ1) is 23.4. The minimum Gasteiger partial charge on any atom is -0.483 e. The van der Waals surface area contributed by atoms with Crippen LogP contribution in [0.4, 0.5) is 10.5 Å². The van der Waals surface area contributed by atoms with Gasteiger partial charge in [-0.3, -0.25) is 14.6 Å². The van der Waals surface area contributed by atoms with Crippen LogP contribution in [-0.4, -0.2) is 83.6 Å². The zero-order valence-corrected chi connectivity index (χ0v) is 17.9. The molecule has 3 heterocycles. The van der Waals surface area contributed by atoms with E-state index in [9.17, 15) is 9.59 Å². The summed E-state index contributed by atoms with van der Waals surface area (Å²) in [6.07, 6.45) is 5.92. The number of urea groups is 1. The Hall–Kier alpha value is -2.84. The number of amides is 3. The summed E-state index contributed by atoms with van der Waals surface area (Å²) in [4.78, 5) is 43.3. The molecule has 30 heavy (non-hydrogen) atoms. The monoisotopic (exact) mass is 419 g/mol. The maximum Gasteiger partial charge on any atom is 0.317 e. The van der Waals surface area contributed by atoms with E-state index in [-0.39, 0.29) is 24.5 Å². The molecule has 0 spiro atoms. The summed E-state index contributed by atoms with van der Waals surface area (Å²) in [6, 6.07) is 4.17. The van der Waals surface area contributed by atoms with E-state index in [1.54, 1.807) is 6.20 Å². The molecule has 0 aliphatic carbocycles. The third kappa shape index (κ3) is 7.20. The van der Waals surface area contributed by atoms with Gasteiger partial charge in [0.05, 0.1) is 11.9 Å². The first-order valence-corrected chi connectivity index (χ1v) is 10.5. The number of aromatic nitrogens is 1. The Kier molecular flexibility index (Phi) is 9.37. The standard InChI is InChI=1S/C20H31N5O2.CH2O2/c1-16(2)14-19(26)24-8-5-17(6-9-24)22-20(27)25-12-10-23(11-13-25)18-4-3-7-21-15-18;2-1-3/h3-4,7,15-17H,5-6,8-14H2,1-2H3,(H,22,27);1H,(H,2,3). The number of piperazine rings is 1. The van der Waals surface area contributed by atoms with Crippen molar-refractivity contribution < 1.29 is 19.5 Å². The summed E-state index contributed by atoms with van der Waals surface area (Å²) in [7, 11) is 0. The average molecular weight is 420 g/mol. The topological polar surface area (TPSA) is 106 Å². The third-order valence-electron chi connectivity index (χ3n) is 5.34. The molecule has 9 heteroatoms. The Morgan fingerprint density at radius 3 is 2.33 bits per heavy atom. The maximum absolute atomic E-state index is 12.6. The molecule has 2 saturated heterocycles. The number of anilines is 1. The zero-order chi connectivity index (χ0) is 21.9. The fourth-order valence-corrected chi connectivity index (χ4v) is 3.73. The second kappa shape index (κ2) is 12.0. The molecular weight excluding hydrogens is 386 g/mol. The number of carbonyl (C=O) groups excluding carboxylic acids is 2. The van der Waals surface area contributed by atoms with Gasteiger partial charge in [-0.15, -0.1) is 0 Å². The summed E-state index contributed by atoms with van der Waals surface area (Å²) in [6.45, 7) is 8.44. The first-order chi connectivity index (χ1) is 14.4. The van der Waals surface area contributed by atoms with Gasteiger partial charge in [0.2, 0.25) is 5.91 Å². The highest BCUT2D eigenvalue weighted by atomic mass is 16.3. The number of hydrogen-bond donors (Lipinski definition) is 2. The fourth-order valence-electron chi connectivity index (χ4n) is 3.73. The second-order valence-corrected chi connectivity index (χ2v) is 7.99. The van der Waals surface area contributed by atoms with Gasteiger partial charge in [-0.05, 0) is 30.9 Å². The molecule has 0 aromatic carbocycles. The van der Waals surface area contributed by atoms with Gasteiger partial charge in [-0.2, -0.15) is 0 Å². The van der Waals surface area contributed by atoms with Crippen LogP contribution in [0, 0.1) is 5.92 Å². The molecule has 0 saturated carbocycles. The largest absolute Gasteiger partial charge is 0.483 e. The molecule has 3 amide bonds. The molecule has 0 radical (unpaired) electrons. The quantitative estimate of drug-likeness (QED) is 0.719. The van der Waals surface area contributed by atoms with Crippen molar-refractivity contribution in [3.63, 3.8) is 0 Å². The lowest BCUT2D eigenvalue weighted by Gasteiger charge is -2.38. The molecule has 0 atom stereocenters. The van der Waals surface area contributed by atoms with E-state index >= 15 is 0 Å². The molecule has 2 N–H and O–H groups in total. The van der Waals surface area contributed by atoms with E-state index in [4.69, 9.17) is 9.90 Å². The third-order valence-corrected chi connectivity index (χ3v) is 5.34. The summed E-state index contributed by atoms with van der Waals surface area (Å²) >= 11 is 0. The van der Waals surface area contributed by atoms with E-state index in [2.05, 4.69) is 35.1 Å². The van der Waals surface area contributed by atoms with Crippen molar-refractivity contribution in [2.75, 3.05) is 44.2 Å².